The molecule has 4 heteroatoms. The highest BCUT2D eigenvalue weighted by molar-refractivity contribution is 5.76. The van der Waals surface area contributed by atoms with Gasteiger partial charge in [-0.3, -0.25) is 9.69 Å². The lowest BCUT2D eigenvalue weighted by Gasteiger charge is -2.28. The van der Waals surface area contributed by atoms with Gasteiger partial charge in [-0.2, -0.15) is 0 Å². The molecule has 0 radical (unpaired) electrons. The number of rotatable bonds is 7. The highest BCUT2D eigenvalue weighted by atomic mass is 16.3. The number of aliphatic hydroxyl groups excluding tert-OH is 1. The first-order valence-electron chi connectivity index (χ1n) is 7.85. The first-order valence-corrected chi connectivity index (χ1v) is 7.85. The topological polar surface area (TPSA) is 43.8 Å². The molecule has 4 nitrogen and oxygen atoms in total. The molecule has 1 fully saturated rings. The van der Waals surface area contributed by atoms with Crippen molar-refractivity contribution in [1.29, 1.82) is 0 Å². The summed E-state index contributed by atoms with van der Waals surface area (Å²) in [6, 6.07) is 0.311. The number of hydrogen-bond acceptors (Lipinski definition) is 3. The molecule has 1 rings (SSSR count). The van der Waals surface area contributed by atoms with Crippen LogP contribution in [-0.4, -0.2) is 59.6 Å². The minimum Gasteiger partial charge on any atom is -0.395 e. The van der Waals surface area contributed by atoms with Gasteiger partial charge < -0.3 is 10.0 Å². The molecule has 1 aliphatic rings. The summed E-state index contributed by atoms with van der Waals surface area (Å²) < 4.78 is 0. The van der Waals surface area contributed by atoms with E-state index in [0.29, 0.717) is 12.5 Å². The zero-order valence-corrected chi connectivity index (χ0v) is 12.6. The normalized spacial score (nSPS) is 21.1. The molecule has 1 unspecified atom stereocenters. The molecule has 1 aliphatic heterocycles. The van der Waals surface area contributed by atoms with E-state index in [-0.39, 0.29) is 12.5 Å². The van der Waals surface area contributed by atoms with Crippen LogP contribution in [0.3, 0.4) is 0 Å². The highest BCUT2D eigenvalue weighted by Gasteiger charge is 2.20. The molecule has 0 bridgehead atoms. The summed E-state index contributed by atoms with van der Waals surface area (Å²) in [5.41, 5.74) is 0. The zero-order valence-electron chi connectivity index (χ0n) is 12.6. The van der Waals surface area contributed by atoms with Crippen molar-refractivity contribution in [2.24, 2.45) is 0 Å². The molecule has 0 aliphatic carbocycles. The number of carbonyl (C=O) groups excluding carboxylic acids is 1. The van der Waals surface area contributed by atoms with Crippen LogP contribution in [-0.2, 0) is 4.79 Å². The quantitative estimate of drug-likeness (QED) is 0.768. The maximum absolute atomic E-state index is 11.9. The highest BCUT2D eigenvalue weighted by Crippen LogP contribution is 2.17. The number of amides is 1. The Labute approximate surface area is 117 Å². The Morgan fingerprint density at radius 3 is 2.63 bits per heavy atom. The fourth-order valence-corrected chi connectivity index (χ4v) is 2.91. The Kier molecular flexibility index (Phi) is 8.07. The third kappa shape index (κ3) is 5.49. The predicted molar refractivity (Wildman–Crippen MR) is 78.1 cm³/mol. The third-order valence-corrected chi connectivity index (χ3v) is 4.16. The van der Waals surface area contributed by atoms with E-state index < -0.39 is 0 Å². The van der Waals surface area contributed by atoms with Crippen LogP contribution in [0.5, 0.6) is 0 Å². The van der Waals surface area contributed by atoms with E-state index in [9.17, 15) is 9.90 Å². The van der Waals surface area contributed by atoms with Crippen LogP contribution in [0, 0.1) is 0 Å². The van der Waals surface area contributed by atoms with Crippen molar-refractivity contribution in [3.8, 4) is 0 Å². The van der Waals surface area contributed by atoms with Gasteiger partial charge in [-0.25, -0.2) is 0 Å². The van der Waals surface area contributed by atoms with Crippen molar-refractivity contribution in [3.05, 3.63) is 0 Å². The van der Waals surface area contributed by atoms with Gasteiger partial charge in [0.25, 0.3) is 0 Å². The van der Waals surface area contributed by atoms with Gasteiger partial charge in [0.05, 0.1) is 6.61 Å². The fourth-order valence-electron chi connectivity index (χ4n) is 2.91. The summed E-state index contributed by atoms with van der Waals surface area (Å²) in [7, 11) is 0. The first kappa shape index (κ1) is 16.4. The van der Waals surface area contributed by atoms with E-state index in [1.165, 1.54) is 19.3 Å². The molecule has 0 aromatic heterocycles. The maximum atomic E-state index is 11.9. The summed E-state index contributed by atoms with van der Waals surface area (Å²) in [6.07, 6.45) is 6.36. The second-order valence-electron chi connectivity index (χ2n) is 5.39. The van der Waals surface area contributed by atoms with Gasteiger partial charge in [0.2, 0.25) is 5.91 Å². The van der Waals surface area contributed by atoms with Gasteiger partial charge in [-0.15, -0.1) is 0 Å². The van der Waals surface area contributed by atoms with Crippen molar-refractivity contribution in [1.82, 2.24) is 9.80 Å². The minimum atomic E-state index is 0.254. The Bertz CT molecular complexity index is 255. The number of nitrogens with zero attached hydrogens (tertiary/aromatic N) is 2. The largest absolute Gasteiger partial charge is 0.395 e. The Morgan fingerprint density at radius 1 is 1.26 bits per heavy atom. The summed E-state index contributed by atoms with van der Waals surface area (Å²) in [5, 5.41) is 9.44. The lowest BCUT2D eigenvalue weighted by atomic mass is 10.1. The molecular weight excluding hydrogens is 240 g/mol. The van der Waals surface area contributed by atoms with Crippen LogP contribution in [0.4, 0.5) is 0 Å². The second kappa shape index (κ2) is 9.32. The molecule has 0 aromatic carbocycles. The summed E-state index contributed by atoms with van der Waals surface area (Å²) in [6.45, 7) is 7.93. The van der Waals surface area contributed by atoms with Crippen LogP contribution < -0.4 is 0 Å². The smallest absolute Gasteiger partial charge is 0.222 e. The lowest BCUT2D eigenvalue weighted by molar-refractivity contribution is -0.131. The molecule has 0 spiro atoms. The van der Waals surface area contributed by atoms with Crippen LogP contribution >= 0.6 is 0 Å². The predicted octanol–water partition coefficient (Wildman–Crippen LogP) is 1.87. The van der Waals surface area contributed by atoms with E-state index in [0.717, 1.165) is 39.0 Å². The molecule has 0 aromatic rings. The van der Waals surface area contributed by atoms with Crippen molar-refractivity contribution < 1.29 is 9.90 Å². The first-order chi connectivity index (χ1) is 9.22. The molecule has 1 N–H and O–H groups in total. The summed E-state index contributed by atoms with van der Waals surface area (Å²) >= 11 is 0. The van der Waals surface area contributed by atoms with E-state index in [2.05, 4.69) is 4.90 Å². The lowest BCUT2D eigenvalue weighted by Crippen LogP contribution is -2.38. The summed E-state index contributed by atoms with van der Waals surface area (Å²) in [4.78, 5) is 16.2. The SMILES string of the molecule is CCN(CC)C(=O)CCCN1CCCCCC1CO. The monoisotopic (exact) mass is 270 g/mol. The molecule has 1 heterocycles. The molecule has 1 saturated heterocycles. The fraction of sp³-hybridized carbons (Fsp3) is 0.933. The summed E-state index contributed by atoms with van der Waals surface area (Å²) in [5.74, 6) is 0.264. The van der Waals surface area contributed by atoms with Crippen LogP contribution in [0.1, 0.15) is 52.4 Å². The van der Waals surface area contributed by atoms with Crippen LogP contribution in [0.15, 0.2) is 0 Å². The molecule has 112 valence electrons. The number of likely N-dealkylation sites (tertiary alicyclic amines) is 1. The zero-order chi connectivity index (χ0) is 14.1. The Balaban J connectivity index is 2.31. The Morgan fingerprint density at radius 2 is 2.00 bits per heavy atom. The van der Waals surface area contributed by atoms with E-state index in [4.69, 9.17) is 0 Å². The van der Waals surface area contributed by atoms with Gasteiger partial charge in [0, 0.05) is 25.6 Å². The molecule has 19 heavy (non-hydrogen) atoms. The van der Waals surface area contributed by atoms with Gasteiger partial charge in [0.15, 0.2) is 0 Å². The van der Waals surface area contributed by atoms with Gasteiger partial charge in [-0.1, -0.05) is 12.8 Å². The van der Waals surface area contributed by atoms with Crippen LogP contribution in [0.2, 0.25) is 0 Å². The van der Waals surface area contributed by atoms with E-state index in [1.807, 2.05) is 18.7 Å². The maximum Gasteiger partial charge on any atom is 0.222 e. The van der Waals surface area contributed by atoms with E-state index >= 15 is 0 Å². The average molecular weight is 270 g/mol. The van der Waals surface area contributed by atoms with Gasteiger partial charge in [-0.05, 0) is 46.2 Å². The Hall–Kier alpha value is -0.610. The standard InChI is InChI=1S/C15H30N2O2/c1-3-16(4-2)15(19)10-8-12-17-11-7-5-6-9-14(17)13-18/h14,18H,3-13H2,1-2H3. The van der Waals surface area contributed by atoms with Gasteiger partial charge >= 0.3 is 0 Å². The number of carbonyl (C=O) groups is 1. The van der Waals surface area contributed by atoms with Crippen LogP contribution in [0.25, 0.3) is 0 Å². The van der Waals surface area contributed by atoms with Gasteiger partial charge in [0.1, 0.15) is 0 Å². The van der Waals surface area contributed by atoms with Crippen molar-refractivity contribution in [2.45, 2.75) is 58.4 Å². The van der Waals surface area contributed by atoms with Crippen molar-refractivity contribution in [2.75, 3.05) is 32.8 Å². The third-order valence-electron chi connectivity index (χ3n) is 4.16. The van der Waals surface area contributed by atoms with Crippen molar-refractivity contribution >= 4 is 5.91 Å². The molecule has 1 amide bonds. The second-order valence-corrected chi connectivity index (χ2v) is 5.39. The molecular formula is C15H30N2O2. The van der Waals surface area contributed by atoms with Crippen molar-refractivity contribution in [3.63, 3.8) is 0 Å². The number of aliphatic hydroxyl groups is 1. The molecule has 1 atom stereocenters. The van der Waals surface area contributed by atoms with E-state index in [1.54, 1.807) is 0 Å². The average Bonchev–Trinajstić information content (AvgIpc) is 2.65. The number of hydrogen-bond donors (Lipinski definition) is 1. The minimum absolute atomic E-state index is 0.254. The molecule has 0 saturated carbocycles.